The van der Waals surface area contributed by atoms with Crippen molar-refractivity contribution in [2.75, 3.05) is 23.7 Å². The van der Waals surface area contributed by atoms with Crippen LogP contribution in [0.5, 0.6) is 0 Å². The molecule has 0 bridgehead atoms. The molecule has 182 valence electrons. The number of benzene rings is 1. The van der Waals surface area contributed by atoms with Gasteiger partial charge in [0.05, 0.1) is 25.9 Å². The van der Waals surface area contributed by atoms with E-state index in [0.717, 1.165) is 16.2 Å². The van der Waals surface area contributed by atoms with Gasteiger partial charge in [-0.2, -0.15) is 0 Å². The Bertz CT molecular complexity index is 1330. The summed E-state index contributed by atoms with van der Waals surface area (Å²) in [5.74, 6) is 0.373. The standard InChI is InChI=1S/C25H27N5O4S/c1-2-29(21(31)17-28(15-19-10-6-12-34-19)16-20-11-7-13-35-20)22-23(26)30(25(33)27-24(22)32)14-18-8-4-3-5-9-18/h3-13H,2,14-17,26H2,1H3,(H,27,32,33). The number of carbonyl (C=O) groups is 1. The Morgan fingerprint density at radius 3 is 2.54 bits per heavy atom. The van der Waals surface area contributed by atoms with Gasteiger partial charge in [-0.25, -0.2) is 4.79 Å². The number of thiophene rings is 1. The quantitative estimate of drug-likeness (QED) is 0.351. The second-order valence-electron chi connectivity index (χ2n) is 8.01. The number of likely N-dealkylation sites (N-methyl/N-ethyl adjacent to an activating group) is 1. The van der Waals surface area contributed by atoms with E-state index in [1.165, 1.54) is 9.47 Å². The number of H-pyrrole nitrogens is 1. The van der Waals surface area contributed by atoms with E-state index in [1.807, 2.05) is 58.8 Å². The van der Waals surface area contributed by atoms with Crippen LogP contribution in [0.15, 0.2) is 80.2 Å². The van der Waals surface area contributed by atoms with E-state index in [2.05, 4.69) is 4.98 Å². The van der Waals surface area contributed by atoms with Crippen LogP contribution in [-0.2, 0) is 24.4 Å². The van der Waals surface area contributed by atoms with Gasteiger partial charge in [-0.15, -0.1) is 11.3 Å². The van der Waals surface area contributed by atoms with Crippen LogP contribution in [0.1, 0.15) is 23.1 Å². The highest BCUT2D eigenvalue weighted by atomic mass is 32.1. The second kappa shape index (κ2) is 11.0. The molecule has 0 saturated heterocycles. The van der Waals surface area contributed by atoms with Crippen molar-refractivity contribution in [2.45, 2.75) is 26.6 Å². The van der Waals surface area contributed by atoms with Gasteiger partial charge in [-0.3, -0.25) is 24.0 Å². The summed E-state index contributed by atoms with van der Waals surface area (Å²) < 4.78 is 6.76. The summed E-state index contributed by atoms with van der Waals surface area (Å²) >= 11 is 1.60. The first-order chi connectivity index (χ1) is 17.0. The number of nitrogens with one attached hydrogen (secondary N) is 1. The van der Waals surface area contributed by atoms with Gasteiger partial charge in [0.25, 0.3) is 5.56 Å². The van der Waals surface area contributed by atoms with Crippen molar-refractivity contribution in [2.24, 2.45) is 0 Å². The number of nitrogen functional groups attached to an aromatic ring is 1. The number of hydrogen-bond donors (Lipinski definition) is 2. The molecule has 9 nitrogen and oxygen atoms in total. The fourth-order valence-electron chi connectivity index (χ4n) is 3.91. The smallest absolute Gasteiger partial charge is 0.330 e. The molecule has 3 heterocycles. The molecule has 0 spiro atoms. The summed E-state index contributed by atoms with van der Waals surface area (Å²) in [5.41, 5.74) is 5.82. The maximum atomic E-state index is 13.5. The molecule has 0 aliphatic heterocycles. The normalized spacial score (nSPS) is 11.1. The third kappa shape index (κ3) is 5.79. The SMILES string of the molecule is CCN(C(=O)CN(Cc1ccco1)Cc1cccs1)c1c(N)n(Cc2ccccc2)c(=O)[nH]c1=O. The minimum absolute atomic E-state index is 0.0258. The lowest BCUT2D eigenvalue weighted by Crippen LogP contribution is -2.45. The number of aromatic nitrogens is 2. The van der Waals surface area contributed by atoms with Crippen molar-refractivity contribution in [3.63, 3.8) is 0 Å². The first kappa shape index (κ1) is 24.2. The van der Waals surface area contributed by atoms with E-state index in [1.54, 1.807) is 30.6 Å². The molecule has 0 aliphatic carbocycles. The number of carbonyl (C=O) groups excluding carboxylic acids is 1. The molecule has 3 aromatic heterocycles. The topological polar surface area (TPSA) is 118 Å². The van der Waals surface area contributed by atoms with Crippen molar-refractivity contribution in [3.05, 3.63) is 103 Å². The molecule has 1 aromatic carbocycles. The molecule has 0 fully saturated rings. The number of nitrogens with two attached hydrogens (primary N) is 1. The van der Waals surface area contributed by atoms with Crippen LogP contribution in [0.3, 0.4) is 0 Å². The Morgan fingerprint density at radius 1 is 1.09 bits per heavy atom. The highest BCUT2D eigenvalue weighted by Gasteiger charge is 2.25. The van der Waals surface area contributed by atoms with Gasteiger partial charge in [-0.05, 0) is 36.1 Å². The van der Waals surface area contributed by atoms with Crippen LogP contribution in [0.25, 0.3) is 0 Å². The first-order valence-electron chi connectivity index (χ1n) is 11.2. The lowest BCUT2D eigenvalue weighted by Gasteiger charge is -2.27. The molecule has 35 heavy (non-hydrogen) atoms. The molecule has 4 rings (SSSR count). The third-order valence-electron chi connectivity index (χ3n) is 5.56. The Morgan fingerprint density at radius 2 is 1.89 bits per heavy atom. The summed E-state index contributed by atoms with van der Waals surface area (Å²) in [7, 11) is 0. The Labute approximate surface area is 206 Å². The highest BCUT2D eigenvalue weighted by molar-refractivity contribution is 7.09. The maximum absolute atomic E-state index is 13.5. The maximum Gasteiger partial charge on any atom is 0.330 e. The van der Waals surface area contributed by atoms with Crippen molar-refractivity contribution < 1.29 is 9.21 Å². The molecular formula is C25H27N5O4S. The Balaban J connectivity index is 1.62. The fourth-order valence-corrected chi connectivity index (χ4v) is 4.66. The van der Waals surface area contributed by atoms with Gasteiger partial charge in [0.15, 0.2) is 5.69 Å². The minimum Gasteiger partial charge on any atom is -0.468 e. The lowest BCUT2D eigenvalue weighted by molar-refractivity contribution is -0.120. The molecule has 3 N–H and O–H groups in total. The highest BCUT2D eigenvalue weighted by Crippen LogP contribution is 2.20. The molecule has 10 heteroatoms. The van der Waals surface area contributed by atoms with E-state index in [0.29, 0.717) is 13.1 Å². The Kier molecular flexibility index (Phi) is 7.64. The van der Waals surface area contributed by atoms with Gasteiger partial charge in [0, 0.05) is 18.0 Å². The zero-order chi connectivity index (χ0) is 24.8. The minimum atomic E-state index is -0.692. The Hall–Kier alpha value is -3.89. The molecule has 0 radical (unpaired) electrons. The number of furan rings is 1. The largest absolute Gasteiger partial charge is 0.468 e. The molecule has 0 unspecified atom stereocenters. The zero-order valence-corrected chi connectivity index (χ0v) is 20.2. The van der Waals surface area contributed by atoms with Crippen molar-refractivity contribution in [1.29, 1.82) is 0 Å². The van der Waals surface area contributed by atoms with Crippen LogP contribution in [0, 0.1) is 0 Å². The van der Waals surface area contributed by atoms with Gasteiger partial charge in [0.1, 0.15) is 11.6 Å². The van der Waals surface area contributed by atoms with E-state index < -0.39 is 11.2 Å². The summed E-state index contributed by atoms with van der Waals surface area (Å²) in [6, 6.07) is 16.9. The van der Waals surface area contributed by atoms with Crippen LogP contribution < -0.4 is 21.9 Å². The van der Waals surface area contributed by atoms with E-state index in [4.69, 9.17) is 10.2 Å². The monoisotopic (exact) mass is 493 g/mol. The van der Waals surface area contributed by atoms with E-state index in [9.17, 15) is 14.4 Å². The van der Waals surface area contributed by atoms with Gasteiger partial charge in [-0.1, -0.05) is 36.4 Å². The zero-order valence-electron chi connectivity index (χ0n) is 19.3. The summed E-state index contributed by atoms with van der Waals surface area (Å²) in [5, 5.41) is 1.98. The van der Waals surface area contributed by atoms with Crippen LogP contribution in [0.2, 0.25) is 0 Å². The summed E-state index contributed by atoms with van der Waals surface area (Å²) in [6.45, 7) is 3.14. The van der Waals surface area contributed by atoms with Crippen LogP contribution in [0.4, 0.5) is 11.5 Å². The molecule has 0 aliphatic rings. The molecule has 1 amide bonds. The van der Waals surface area contributed by atoms with Crippen LogP contribution in [-0.4, -0.2) is 33.4 Å². The van der Waals surface area contributed by atoms with Gasteiger partial charge >= 0.3 is 5.69 Å². The number of rotatable bonds is 10. The molecular weight excluding hydrogens is 466 g/mol. The van der Waals surface area contributed by atoms with E-state index in [-0.39, 0.29) is 37.0 Å². The predicted octanol–water partition coefficient (Wildman–Crippen LogP) is 2.88. The van der Waals surface area contributed by atoms with Crippen molar-refractivity contribution in [1.82, 2.24) is 14.5 Å². The number of anilines is 2. The number of amides is 1. The second-order valence-corrected chi connectivity index (χ2v) is 9.04. The average Bonchev–Trinajstić information content (AvgIpc) is 3.54. The molecule has 0 saturated carbocycles. The van der Waals surface area contributed by atoms with Crippen molar-refractivity contribution in [3.8, 4) is 0 Å². The average molecular weight is 494 g/mol. The number of aromatic amines is 1. The molecule has 0 atom stereocenters. The first-order valence-corrected chi connectivity index (χ1v) is 12.1. The summed E-state index contributed by atoms with van der Waals surface area (Å²) in [6.07, 6.45) is 1.59. The summed E-state index contributed by atoms with van der Waals surface area (Å²) in [4.78, 5) is 45.5. The van der Waals surface area contributed by atoms with Crippen LogP contribution >= 0.6 is 11.3 Å². The van der Waals surface area contributed by atoms with Gasteiger partial charge < -0.3 is 15.1 Å². The number of hydrogen-bond acceptors (Lipinski definition) is 7. The molecule has 4 aromatic rings. The number of nitrogens with zero attached hydrogens (tertiary/aromatic N) is 3. The third-order valence-corrected chi connectivity index (χ3v) is 6.42. The lowest BCUT2D eigenvalue weighted by atomic mass is 10.2. The van der Waals surface area contributed by atoms with Gasteiger partial charge in [0.2, 0.25) is 5.91 Å². The van der Waals surface area contributed by atoms with Crippen molar-refractivity contribution >= 4 is 28.7 Å². The van der Waals surface area contributed by atoms with E-state index >= 15 is 0 Å². The fraction of sp³-hybridized carbons (Fsp3) is 0.240. The predicted molar refractivity (Wildman–Crippen MR) is 136 cm³/mol.